The Kier molecular flexibility index (Phi) is 5.14. The molecule has 0 aliphatic carbocycles. The second-order valence-corrected chi connectivity index (χ2v) is 8.10. The van der Waals surface area contributed by atoms with E-state index >= 15 is 0 Å². The highest BCUT2D eigenvalue weighted by molar-refractivity contribution is 7.17. The quantitative estimate of drug-likeness (QED) is 0.575. The fraction of sp³-hybridized carbons (Fsp3) is 0.304. The van der Waals surface area contributed by atoms with Gasteiger partial charge in [-0.3, -0.25) is 14.5 Å². The van der Waals surface area contributed by atoms with Gasteiger partial charge in [0.2, 0.25) is 5.43 Å². The standard InChI is InChI=1S/C23H20N2O5S/c1-2-3-20(27)25-8-11-29-19-5-4-15(12-17(19)25)16-14-31-23-18(26)13-21(30-22(16)23)24-6-9-28-10-7-24/h4-5,12-14H,6-11H2,1H3. The van der Waals surface area contributed by atoms with Gasteiger partial charge in [0.1, 0.15) is 17.1 Å². The van der Waals surface area contributed by atoms with Crippen LogP contribution in [-0.2, 0) is 9.53 Å². The molecule has 0 radical (unpaired) electrons. The fourth-order valence-electron chi connectivity index (χ4n) is 3.84. The molecule has 0 atom stereocenters. The molecule has 8 heteroatoms. The number of carbonyl (C=O) groups excluding carboxylic acids is 1. The third kappa shape index (κ3) is 3.56. The molecule has 4 heterocycles. The molecule has 0 unspecified atom stereocenters. The van der Waals surface area contributed by atoms with Crippen LogP contribution in [0.5, 0.6) is 5.75 Å². The molecule has 3 aromatic rings. The predicted molar refractivity (Wildman–Crippen MR) is 120 cm³/mol. The second kappa shape index (κ2) is 8.10. The van der Waals surface area contributed by atoms with Crippen molar-refractivity contribution >= 4 is 39.1 Å². The number of fused-ring (bicyclic) bond motifs is 2. The monoisotopic (exact) mass is 436 g/mol. The van der Waals surface area contributed by atoms with Crippen molar-refractivity contribution in [2.45, 2.75) is 6.92 Å². The summed E-state index contributed by atoms with van der Waals surface area (Å²) >= 11 is 1.36. The van der Waals surface area contributed by atoms with Gasteiger partial charge in [0.25, 0.3) is 0 Å². The van der Waals surface area contributed by atoms with Gasteiger partial charge in [0.05, 0.1) is 25.4 Å². The molecule has 0 spiro atoms. The van der Waals surface area contributed by atoms with Crippen LogP contribution in [0.4, 0.5) is 11.6 Å². The number of ether oxygens (including phenoxy) is 2. The molecule has 1 fully saturated rings. The van der Waals surface area contributed by atoms with Gasteiger partial charge in [-0.25, -0.2) is 0 Å². The zero-order valence-corrected chi connectivity index (χ0v) is 17.8. The smallest absolute Gasteiger partial charge is 0.303 e. The topological polar surface area (TPSA) is 72.2 Å². The zero-order valence-electron chi connectivity index (χ0n) is 17.0. The van der Waals surface area contributed by atoms with E-state index in [-0.39, 0.29) is 11.3 Å². The second-order valence-electron chi connectivity index (χ2n) is 7.22. The largest absolute Gasteiger partial charge is 0.490 e. The third-order valence-electron chi connectivity index (χ3n) is 5.36. The van der Waals surface area contributed by atoms with Crippen LogP contribution < -0.4 is 20.0 Å². The lowest BCUT2D eigenvalue weighted by Crippen LogP contribution is -2.37. The van der Waals surface area contributed by atoms with Gasteiger partial charge < -0.3 is 18.8 Å². The predicted octanol–water partition coefficient (Wildman–Crippen LogP) is 3.11. The van der Waals surface area contributed by atoms with Crippen molar-refractivity contribution in [1.82, 2.24) is 0 Å². The summed E-state index contributed by atoms with van der Waals surface area (Å²) in [5.41, 5.74) is 2.83. The highest BCUT2D eigenvalue weighted by atomic mass is 32.1. The first-order valence-corrected chi connectivity index (χ1v) is 10.9. The summed E-state index contributed by atoms with van der Waals surface area (Å²) < 4.78 is 17.9. The number of carbonyl (C=O) groups is 1. The summed E-state index contributed by atoms with van der Waals surface area (Å²) in [7, 11) is 0. The van der Waals surface area contributed by atoms with Crippen LogP contribution >= 0.6 is 11.3 Å². The van der Waals surface area contributed by atoms with Crippen molar-refractivity contribution in [2.24, 2.45) is 0 Å². The summed E-state index contributed by atoms with van der Waals surface area (Å²) in [5, 5.41) is 1.92. The molecule has 7 nitrogen and oxygen atoms in total. The Balaban J connectivity index is 1.60. The first kappa shape index (κ1) is 19.7. The minimum Gasteiger partial charge on any atom is -0.490 e. The minimum atomic E-state index is -0.263. The summed E-state index contributed by atoms with van der Waals surface area (Å²) in [4.78, 5) is 28.8. The molecular weight excluding hydrogens is 416 g/mol. The maximum absolute atomic E-state index is 12.7. The number of benzene rings is 1. The number of rotatable bonds is 2. The lowest BCUT2D eigenvalue weighted by Gasteiger charge is -2.28. The SMILES string of the molecule is CC#CC(=O)N1CCOc2ccc(-c3csc4c(=O)cc(N5CCOCC5)oc34)cc21. The van der Waals surface area contributed by atoms with Gasteiger partial charge >= 0.3 is 5.91 Å². The van der Waals surface area contributed by atoms with E-state index in [4.69, 9.17) is 13.9 Å². The number of amides is 1. The lowest BCUT2D eigenvalue weighted by atomic mass is 10.1. The average Bonchev–Trinajstić information content (AvgIpc) is 3.24. The van der Waals surface area contributed by atoms with Crippen LogP contribution in [0.25, 0.3) is 21.4 Å². The molecule has 158 valence electrons. The van der Waals surface area contributed by atoms with Gasteiger partial charge in [-0.05, 0) is 30.5 Å². The zero-order chi connectivity index (χ0) is 21.4. The van der Waals surface area contributed by atoms with Crippen LogP contribution in [0.2, 0.25) is 0 Å². The first-order valence-electron chi connectivity index (χ1n) is 10.1. The number of hydrogen-bond donors (Lipinski definition) is 0. The van der Waals surface area contributed by atoms with Crippen molar-refractivity contribution in [3.05, 3.63) is 39.9 Å². The van der Waals surface area contributed by atoms with Gasteiger partial charge in [0.15, 0.2) is 11.5 Å². The van der Waals surface area contributed by atoms with Gasteiger partial charge in [-0.2, -0.15) is 0 Å². The fourth-order valence-corrected chi connectivity index (χ4v) is 4.75. The maximum atomic E-state index is 12.7. The first-order chi connectivity index (χ1) is 15.2. The summed E-state index contributed by atoms with van der Waals surface area (Å²) in [6.45, 7) is 5.06. The Morgan fingerprint density at radius 1 is 1.13 bits per heavy atom. The van der Waals surface area contributed by atoms with E-state index in [0.717, 1.165) is 11.1 Å². The minimum absolute atomic E-state index is 0.0599. The molecule has 0 saturated carbocycles. The molecule has 0 bridgehead atoms. The Labute approximate surface area is 182 Å². The van der Waals surface area contributed by atoms with E-state index < -0.39 is 0 Å². The molecule has 5 rings (SSSR count). The number of hydrogen-bond acceptors (Lipinski definition) is 7. The van der Waals surface area contributed by atoms with Crippen molar-refractivity contribution < 1.29 is 18.7 Å². The molecule has 2 aromatic heterocycles. The lowest BCUT2D eigenvalue weighted by molar-refractivity contribution is -0.113. The summed E-state index contributed by atoms with van der Waals surface area (Å²) in [5.74, 6) is 6.19. The molecule has 2 aliphatic heterocycles. The Hall–Kier alpha value is -3.28. The average molecular weight is 436 g/mol. The van der Waals surface area contributed by atoms with Crippen molar-refractivity contribution in [3.63, 3.8) is 0 Å². The molecule has 2 aliphatic rings. The Morgan fingerprint density at radius 2 is 1.97 bits per heavy atom. The van der Waals surface area contributed by atoms with E-state index in [2.05, 4.69) is 11.8 Å². The van der Waals surface area contributed by atoms with Crippen LogP contribution in [-0.4, -0.2) is 45.4 Å². The normalized spacial score (nSPS) is 15.8. The number of thiophene rings is 1. The number of anilines is 2. The van der Waals surface area contributed by atoms with E-state index in [1.54, 1.807) is 17.9 Å². The van der Waals surface area contributed by atoms with Crippen LogP contribution in [0.3, 0.4) is 0 Å². The van der Waals surface area contributed by atoms with Crippen LogP contribution in [0.15, 0.2) is 38.9 Å². The van der Waals surface area contributed by atoms with Gasteiger partial charge in [0, 0.05) is 30.1 Å². The molecule has 31 heavy (non-hydrogen) atoms. The molecule has 1 saturated heterocycles. The summed E-state index contributed by atoms with van der Waals surface area (Å²) in [6, 6.07) is 7.21. The van der Waals surface area contributed by atoms with E-state index in [9.17, 15) is 9.59 Å². The summed E-state index contributed by atoms with van der Waals surface area (Å²) in [6.07, 6.45) is 0. The number of nitrogens with zero attached hydrogens (tertiary/aromatic N) is 2. The molecule has 0 N–H and O–H groups in total. The molecule has 1 amide bonds. The van der Waals surface area contributed by atoms with E-state index in [1.807, 2.05) is 28.5 Å². The van der Waals surface area contributed by atoms with Crippen molar-refractivity contribution in [2.75, 3.05) is 49.3 Å². The van der Waals surface area contributed by atoms with E-state index in [0.29, 0.717) is 67.1 Å². The maximum Gasteiger partial charge on any atom is 0.303 e. The van der Waals surface area contributed by atoms with E-state index in [1.165, 1.54) is 11.3 Å². The van der Waals surface area contributed by atoms with Crippen LogP contribution in [0.1, 0.15) is 6.92 Å². The molecular formula is C23H20N2O5S. The highest BCUT2D eigenvalue weighted by Crippen LogP contribution is 2.40. The van der Waals surface area contributed by atoms with Crippen molar-refractivity contribution in [3.8, 4) is 28.7 Å². The van der Waals surface area contributed by atoms with Crippen LogP contribution in [0, 0.1) is 11.8 Å². The number of morpholine rings is 1. The van der Waals surface area contributed by atoms with Crippen molar-refractivity contribution in [1.29, 1.82) is 0 Å². The van der Waals surface area contributed by atoms with Gasteiger partial charge in [-0.1, -0.05) is 12.0 Å². The molecule has 1 aromatic carbocycles. The third-order valence-corrected chi connectivity index (χ3v) is 6.34. The highest BCUT2D eigenvalue weighted by Gasteiger charge is 2.25. The Morgan fingerprint density at radius 3 is 2.77 bits per heavy atom. The Bertz CT molecular complexity index is 1280. The van der Waals surface area contributed by atoms with Gasteiger partial charge in [-0.15, -0.1) is 11.3 Å².